The number of para-hydroxylation sites is 1. The van der Waals surface area contributed by atoms with Gasteiger partial charge in [0, 0.05) is 19.1 Å². The highest BCUT2D eigenvalue weighted by Gasteiger charge is 2.23. The van der Waals surface area contributed by atoms with E-state index in [-0.39, 0.29) is 27.4 Å². The van der Waals surface area contributed by atoms with Crippen LogP contribution in [0.4, 0.5) is 5.69 Å². The van der Waals surface area contributed by atoms with Crippen LogP contribution in [-0.4, -0.2) is 36.9 Å². The maximum absolute atomic E-state index is 13.2. The number of carbonyl (C=O) groups excluding carboxylic acids is 1. The van der Waals surface area contributed by atoms with Gasteiger partial charge in [0.25, 0.3) is 15.9 Å². The van der Waals surface area contributed by atoms with E-state index in [1.807, 2.05) is 13.8 Å². The van der Waals surface area contributed by atoms with Crippen LogP contribution >= 0.6 is 11.3 Å². The fraction of sp³-hybridized carbons (Fsp3) is 0.391. The summed E-state index contributed by atoms with van der Waals surface area (Å²) in [5, 5.41) is 0. The summed E-state index contributed by atoms with van der Waals surface area (Å²) in [4.78, 5) is 27.2. The van der Waals surface area contributed by atoms with E-state index in [1.54, 1.807) is 39.8 Å². The Morgan fingerprint density at radius 1 is 1.03 bits per heavy atom. The molecule has 1 saturated heterocycles. The highest BCUT2D eigenvalue weighted by atomic mass is 32.2. The molecule has 1 N–H and O–H groups in total. The molecule has 7 nitrogen and oxygen atoms in total. The molecule has 2 heterocycles. The van der Waals surface area contributed by atoms with Gasteiger partial charge < -0.3 is 4.90 Å². The molecule has 2 aromatic carbocycles. The van der Waals surface area contributed by atoms with E-state index in [2.05, 4.69) is 4.72 Å². The minimum absolute atomic E-state index is 0.0197. The smallest absolute Gasteiger partial charge is 0.308 e. The standard InChI is InChI=1S/C23H27N3O4S2/c1-16(2)26-20-12-11-17(15-21(20)31-23(26)28)32(29,30)24-19-10-6-5-9-18(19)22(27)25-13-7-3-4-8-14-25/h5-6,9-12,15-16,24H,3-4,7-8,13-14H2,1-2H3. The van der Waals surface area contributed by atoms with Crippen LogP contribution in [0.25, 0.3) is 10.2 Å². The zero-order valence-corrected chi connectivity index (χ0v) is 19.8. The van der Waals surface area contributed by atoms with Crippen molar-refractivity contribution < 1.29 is 13.2 Å². The lowest BCUT2D eigenvalue weighted by atomic mass is 10.1. The van der Waals surface area contributed by atoms with Crippen LogP contribution in [0, 0.1) is 0 Å². The van der Waals surface area contributed by atoms with Crippen molar-refractivity contribution >= 4 is 43.2 Å². The largest absolute Gasteiger partial charge is 0.339 e. The number of benzene rings is 2. The molecule has 1 amide bonds. The lowest BCUT2D eigenvalue weighted by Crippen LogP contribution is -2.32. The zero-order valence-electron chi connectivity index (χ0n) is 18.2. The number of carbonyl (C=O) groups is 1. The van der Waals surface area contributed by atoms with Gasteiger partial charge in [-0.2, -0.15) is 0 Å². The number of nitrogens with one attached hydrogen (secondary N) is 1. The van der Waals surface area contributed by atoms with E-state index < -0.39 is 10.0 Å². The molecule has 1 aliphatic heterocycles. The van der Waals surface area contributed by atoms with E-state index in [0.717, 1.165) is 37.0 Å². The molecule has 3 aromatic rings. The quantitative estimate of drug-likeness (QED) is 0.593. The van der Waals surface area contributed by atoms with Gasteiger partial charge in [0.15, 0.2) is 0 Å². The molecule has 1 aliphatic rings. The molecule has 1 aromatic heterocycles. The van der Waals surface area contributed by atoms with E-state index >= 15 is 0 Å². The molecule has 0 saturated carbocycles. The first-order chi connectivity index (χ1) is 15.3. The molecule has 170 valence electrons. The lowest BCUT2D eigenvalue weighted by molar-refractivity contribution is 0.0762. The van der Waals surface area contributed by atoms with Gasteiger partial charge in [0.1, 0.15) is 0 Å². The summed E-state index contributed by atoms with van der Waals surface area (Å²) in [6.45, 7) is 5.20. The van der Waals surface area contributed by atoms with Gasteiger partial charge in [0.2, 0.25) is 0 Å². The number of rotatable bonds is 5. The number of aromatic nitrogens is 1. The molecular weight excluding hydrogens is 446 g/mol. The summed E-state index contributed by atoms with van der Waals surface area (Å²) in [6.07, 6.45) is 4.12. The van der Waals surface area contributed by atoms with Crippen molar-refractivity contribution in [3.8, 4) is 0 Å². The molecule has 0 unspecified atom stereocenters. The average molecular weight is 474 g/mol. The van der Waals surface area contributed by atoms with Gasteiger partial charge in [0.05, 0.1) is 26.4 Å². The van der Waals surface area contributed by atoms with Crippen molar-refractivity contribution in [3.63, 3.8) is 0 Å². The predicted octanol–water partition coefficient (Wildman–Crippen LogP) is 4.46. The Kier molecular flexibility index (Phi) is 6.39. The Balaban J connectivity index is 1.66. The van der Waals surface area contributed by atoms with Crippen LogP contribution in [0.5, 0.6) is 0 Å². The fourth-order valence-corrected chi connectivity index (χ4v) is 6.31. The number of thiazole rings is 1. The minimum atomic E-state index is -3.95. The van der Waals surface area contributed by atoms with E-state index in [4.69, 9.17) is 0 Å². The maximum atomic E-state index is 13.2. The number of fused-ring (bicyclic) bond motifs is 1. The molecule has 32 heavy (non-hydrogen) atoms. The first-order valence-corrected chi connectivity index (χ1v) is 13.1. The topological polar surface area (TPSA) is 88.5 Å². The monoisotopic (exact) mass is 473 g/mol. The Hall–Kier alpha value is -2.65. The fourth-order valence-electron chi connectivity index (χ4n) is 4.08. The van der Waals surface area contributed by atoms with Crippen molar-refractivity contribution in [2.24, 2.45) is 0 Å². The SMILES string of the molecule is CC(C)n1c(=O)sc2cc(S(=O)(=O)Nc3ccccc3C(=O)N3CCCCCC3)ccc21. The average Bonchev–Trinajstić information content (AvgIpc) is 2.90. The van der Waals surface area contributed by atoms with Crippen LogP contribution in [0.3, 0.4) is 0 Å². The number of nitrogens with zero attached hydrogens (tertiary/aromatic N) is 2. The van der Waals surface area contributed by atoms with Gasteiger partial charge in [-0.3, -0.25) is 18.9 Å². The number of sulfonamides is 1. The Labute approximate surface area is 191 Å². The predicted molar refractivity (Wildman–Crippen MR) is 128 cm³/mol. The number of amides is 1. The van der Waals surface area contributed by atoms with Crippen molar-refractivity contribution in [3.05, 3.63) is 57.7 Å². The summed E-state index contributed by atoms with van der Waals surface area (Å²) >= 11 is 1.03. The van der Waals surface area contributed by atoms with Crippen LogP contribution < -0.4 is 9.60 Å². The molecule has 0 bridgehead atoms. The second-order valence-electron chi connectivity index (χ2n) is 8.32. The summed E-state index contributed by atoms with van der Waals surface area (Å²) in [6, 6.07) is 11.4. The second-order valence-corrected chi connectivity index (χ2v) is 11.0. The zero-order chi connectivity index (χ0) is 22.9. The molecule has 1 fully saturated rings. The molecule has 9 heteroatoms. The lowest BCUT2D eigenvalue weighted by Gasteiger charge is -2.22. The number of hydrogen-bond donors (Lipinski definition) is 1. The first kappa shape index (κ1) is 22.5. The van der Waals surface area contributed by atoms with Crippen molar-refractivity contribution in [2.75, 3.05) is 17.8 Å². The van der Waals surface area contributed by atoms with Gasteiger partial charge in [-0.05, 0) is 57.0 Å². The van der Waals surface area contributed by atoms with Crippen LogP contribution in [0.2, 0.25) is 0 Å². The molecule has 4 rings (SSSR count). The normalized spacial score (nSPS) is 15.2. The first-order valence-electron chi connectivity index (χ1n) is 10.8. The summed E-state index contributed by atoms with van der Waals surface area (Å²) in [5.41, 5.74) is 1.31. The highest BCUT2D eigenvalue weighted by Crippen LogP contribution is 2.27. The van der Waals surface area contributed by atoms with E-state index in [1.165, 1.54) is 12.1 Å². The van der Waals surface area contributed by atoms with Crippen molar-refractivity contribution in [2.45, 2.75) is 50.5 Å². The third-order valence-electron chi connectivity index (χ3n) is 5.71. The third-order valence-corrected chi connectivity index (χ3v) is 7.99. The van der Waals surface area contributed by atoms with E-state index in [9.17, 15) is 18.0 Å². The molecule has 0 radical (unpaired) electrons. The summed E-state index contributed by atoms with van der Waals surface area (Å²) < 4.78 is 31.2. The number of likely N-dealkylation sites (tertiary alicyclic amines) is 1. The Morgan fingerprint density at radius 2 is 1.72 bits per heavy atom. The minimum Gasteiger partial charge on any atom is -0.339 e. The number of hydrogen-bond acceptors (Lipinski definition) is 5. The summed E-state index contributed by atoms with van der Waals surface area (Å²) in [7, 11) is -3.95. The van der Waals surface area contributed by atoms with Gasteiger partial charge in [-0.15, -0.1) is 0 Å². The number of anilines is 1. The van der Waals surface area contributed by atoms with Gasteiger partial charge in [-0.25, -0.2) is 8.42 Å². The summed E-state index contributed by atoms with van der Waals surface area (Å²) in [5.74, 6) is -0.159. The maximum Gasteiger partial charge on any atom is 0.308 e. The van der Waals surface area contributed by atoms with Gasteiger partial charge >= 0.3 is 4.87 Å². The van der Waals surface area contributed by atoms with Crippen LogP contribution in [0.15, 0.2) is 52.2 Å². The second kappa shape index (κ2) is 9.07. The third kappa shape index (κ3) is 4.45. The Bertz CT molecular complexity index is 1300. The van der Waals surface area contributed by atoms with Crippen LogP contribution in [-0.2, 0) is 10.0 Å². The van der Waals surface area contributed by atoms with Crippen LogP contribution in [0.1, 0.15) is 55.9 Å². The Morgan fingerprint density at radius 3 is 2.41 bits per heavy atom. The molecule has 0 spiro atoms. The molecule has 0 aliphatic carbocycles. The van der Waals surface area contributed by atoms with Gasteiger partial charge in [-0.1, -0.05) is 36.3 Å². The van der Waals surface area contributed by atoms with Crippen molar-refractivity contribution in [1.82, 2.24) is 9.47 Å². The molecule has 0 atom stereocenters. The van der Waals surface area contributed by atoms with Crippen molar-refractivity contribution in [1.29, 1.82) is 0 Å². The highest BCUT2D eigenvalue weighted by molar-refractivity contribution is 7.92. The van der Waals surface area contributed by atoms with E-state index in [0.29, 0.717) is 28.9 Å². The molecular formula is C23H27N3O4S2.